The van der Waals surface area contributed by atoms with Gasteiger partial charge in [0.15, 0.2) is 5.69 Å². The lowest BCUT2D eigenvalue weighted by Crippen LogP contribution is -2.09. The van der Waals surface area contributed by atoms with Crippen molar-refractivity contribution in [3.05, 3.63) is 45.8 Å². The number of hydrogen-bond donors (Lipinski definition) is 0. The Morgan fingerprint density at radius 1 is 1.12 bits per heavy atom. The van der Waals surface area contributed by atoms with Gasteiger partial charge in [0.2, 0.25) is 0 Å². The van der Waals surface area contributed by atoms with Gasteiger partial charge >= 0.3 is 11.9 Å². The molecule has 0 atom stereocenters. The highest BCUT2D eigenvalue weighted by Gasteiger charge is 2.29. The molecule has 126 valence electrons. The average molecular weight is 334 g/mol. The van der Waals surface area contributed by atoms with Crippen molar-refractivity contribution in [2.75, 3.05) is 13.2 Å². The molecule has 0 saturated carbocycles. The van der Waals surface area contributed by atoms with Crippen LogP contribution in [0.1, 0.15) is 34.9 Å². The molecule has 24 heavy (non-hydrogen) atoms. The van der Waals surface area contributed by atoms with E-state index >= 15 is 0 Å². The van der Waals surface area contributed by atoms with E-state index < -0.39 is 16.9 Å². The van der Waals surface area contributed by atoms with E-state index in [-0.39, 0.29) is 35.9 Å². The lowest BCUT2D eigenvalue weighted by molar-refractivity contribution is -0.384. The van der Waals surface area contributed by atoms with Gasteiger partial charge < -0.3 is 14.0 Å². The number of hydrogen-bond acceptors (Lipinski definition) is 8. The number of nitrogens with zero attached hydrogens (tertiary/aromatic N) is 2. The van der Waals surface area contributed by atoms with Crippen molar-refractivity contribution in [2.24, 2.45) is 0 Å². The predicted octanol–water partition coefficient (Wildman–Crippen LogP) is 2.60. The van der Waals surface area contributed by atoms with Gasteiger partial charge in [0.1, 0.15) is 0 Å². The third-order valence-electron chi connectivity index (χ3n) is 2.99. The highest BCUT2D eigenvalue weighted by molar-refractivity contribution is 6.03. The van der Waals surface area contributed by atoms with Crippen molar-refractivity contribution in [1.29, 1.82) is 0 Å². The van der Waals surface area contributed by atoms with E-state index in [0.29, 0.717) is 5.56 Å². The van der Waals surface area contributed by atoms with Crippen LogP contribution in [0.5, 0.6) is 0 Å². The molecule has 0 radical (unpaired) electrons. The van der Waals surface area contributed by atoms with Gasteiger partial charge in [-0.1, -0.05) is 5.16 Å². The minimum atomic E-state index is -0.797. The minimum Gasteiger partial charge on any atom is -0.461 e. The van der Waals surface area contributed by atoms with E-state index in [2.05, 4.69) is 5.16 Å². The maximum Gasteiger partial charge on any atom is 0.377 e. The maximum absolute atomic E-state index is 12.0. The largest absolute Gasteiger partial charge is 0.461 e. The Morgan fingerprint density at radius 3 is 2.25 bits per heavy atom. The Labute approximate surface area is 136 Å². The molecule has 0 saturated heterocycles. The fourth-order valence-electron chi connectivity index (χ4n) is 1.98. The molecule has 0 bridgehead atoms. The summed E-state index contributed by atoms with van der Waals surface area (Å²) in [6.45, 7) is 3.45. The summed E-state index contributed by atoms with van der Waals surface area (Å²) in [4.78, 5) is 34.2. The van der Waals surface area contributed by atoms with Crippen LogP contribution in [-0.4, -0.2) is 35.2 Å². The molecule has 0 aliphatic rings. The van der Waals surface area contributed by atoms with Crippen LogP contribution in [-0.2, 0) is 9.47 Å². The van der Waals surface area contributed by atoms with Gasteiger partial charge in [0, 0.05) is 12.1 Å². The summed E-state index contributed by atoms with van der Waals surface area (Å²) in [6, 6.07) is 5.25. The topological polar surface area (TPSA) is 122 Å². The van der Waals surface area contributed by atoms with Gasteiger partial charge in [-0.2, -0.15) is 0 Å². The first-order valence-corrected chi connectivity index (χ1v) is 7.08. The maximum atomic E-state index is 12.0. The van der Waals surface area contributed by atoms with E-state index in [1.165, 1.54) is 24.3 Å². The first-order valence-electron chi connectivity index (χ1n) is 7.08. The average Bonchev–Trinajstić information content (AvgIpc) is 3.00. The van der Waals surface area contributed by atoms with Gasteiger partial charge in [0.25, 0.3) is 11.4 Å². The molecule has 0 N–H and O–H groups in total. The number of esters is 2. The molecular formula is C15H14N2O7. The first kappa shape index (κ1) is 17.1. The molecule has 1 aromatic heterocycles. The van der Waals surface area contributed by atoms with Crippen LogP contribution in [0.3, 0.4) is 0 Å². The number of benzene rings is 1. The summed E-state index contributed by atoms with van der Waals surface area (Å²) >= 11 is 0. The normalized spacial score (nSPS) is 10.2. The zero-order valence-electron chi connectivity index (χ0n) is 13.0. The number of aromatic nitrogens is 1. The number of non-ortho nitro benzene ring substituents is 1. The summed E-state index contributed by atoms with van der Waals surface area (Å²) in [5.41, 5.74) is 0.0779. The fraction of sp³-hybridized carbons (Fsp3) is 0.267. The lowest BCUT2D eigenvalue weighted by Gasteiger charge is -2.04. The van der Waals surface area contributed by atoms with Crippen molar-refractivity contribution in [1.82, 2.24) is 5.16 Å². The molecule has 2 aromatic rings. The van der Waals surface area contributed by atoms with E-state index in [0.717, 1.165) is 0 Å². The molecule has 0 aliphatic carbocycles. The van der Waals surface area contributed by atoms with Crippen LogP contribution in [0, 0.1) is 10.1 Å². The van der Waals surface area contributed by atoms with Crippen molar-refractivity contribution >= 4 is 17.6 Å². The summed E-state index contributed by atoms with van der Waals surface area (Å²) in [5, 5.41) is 14.3. The molecule has 0 aliphatic heterocycles. The van der Waals surface area contributed by atoms with Crippen LogP contribution in [0.15, 0.2) is 28.8 Å². The van der Waals surface area contributed by atoms with Crippen molar-refractivity contribution in [3.8, 4) is 11.1 Å². The van der Waals surface area contributed by atoms with Crippen LogP contribution >= 0.6 is 0 Å². The second-order valence-electron chi connectivity index (χ2n) is 4.48. The number of ether oxygens (including phenoxy) is 2. The van der Waals surface area contributed by atoms with Gasteiger partial charge in [-0.15, -0.1) is 0 Å². The molecule has 2 rings (SSSR count). The molecule has 0 unspecified atom stereocenters. The number of carbonyl (C=O) groups excluding carboxylic acids is 2. The predicted molar refractivity (Wildman–Crippen MR) is 80.5 cm³/mol. The van der Waals surface area contributed by atoms with Crippen molar-refractivity contribution < 1.29 is 28.5 Å². The number of rotatable bonds is 6. The quantitative estimate of drug-likeness (QED) is 0.449. The summed E-state index contributed by atoms with van der Waals surface area (Å²) in [7, 11) is 0. The van der Waals surface area contributed by atoms with E-state index in [1.807, 2.05) is 0 Å². The molecule has 1 heterocycles. The summed E-state index contributed by atoms with van der Waals surface area (Å²) < 4.78 is 14.7. The van der Waals surface area contributed by atoms with Crippen LogP contribution in [0.25, 0.3) is 11.1 Å². The molecule has 9 nitrogen and oxygen atoms in total. The monoisotopic (exact) mass is 334 g/mol. The van der Waals surface area contributed by atoms with Gasteiger partial charge in [-0.25, -0.2) is 9.59 Å². The molecule has 0 fully saturated rings. The Hall–Kier alpha value is -3.23. The number of carbonyl (C=O) groups is 2. The fourth-order valence-corrected chi connectivity index (χ4v) is 1.98. The second-order valence-corrected chi connectivity index (χ2v) is 4.48. The zero-order valence-corrected chi connectivity index (χ0v) is 13.0. The molecule has 0 spiro atoms. The van der Waals surface area contributed by atoms with Crippen LogP contribution in [0.2, 0.25) is 0 Å². The van der Waals surface area contributed by atoms with Crippen LogP contribution < -0.4 is 0 Å². The van der Waals surface area contributed by atoms with E-state index in [4.69, 9.17) is 14.0 Å². The van der Waals surface area contributed by atoms with E-state index in [9.17, 15) is 19.7 Å². The highest BCUT2D eigenvalue weighted by atomic mass is 16.6. The summed E-state index contributed by atoms with van der Waals surface area (Å²) in [6.07, 6.45) is 0. The zero-order chi connectivity index (χ0) is 17.7. The third-order valence-corrected chi connectivity index (χ3v) is 2.99. The SMILES string of the molecule is CCOC(=O)c1noc(C(=O)OCC)c1-c1ccc([N+](=O)[O-])cc1. The van der Waals surface area contributed by atoms with Crippen molar-refractivity contribution in [3.63, 3.8) is 0 Å². The van der Waals surface area contributed by atoms with Crippen molar-refractivity contribution in [2.45, 2.75) is 13.8 Å². The summed E-state index contributed by atoms with van der Waals surface area (Å²) in [5.74, 6) is -1.84. The third kappa shape index (κ3) is 3.40. The Morgan fingerprint density at radius 2 is 1.71 bits per heavy atom. The van der Waals surface area contributed by atoms with Gasteiger partial charge in [0.05, 0.1) is 23.7 Å². The van der Waals surface area contributed by atoms with Crippen LogP contribution in [0.4, 0.5) is 5.69 Å². The first-order chi connectivity index (χ1) is 11.5. The molecule has 0 amide bonds. The smallest absolute Gasteiger partial charge is 0.377 e. The second kappa shape index (κ2) is 7.36. The number of nitro benzene ring substituents is 1. The molecule has 1 aromatic carbocycles. The highest BCUT2D eigenvalue weighted by Crippen LogP contribution is 2.30. The number of nitro groups is 1. The standard InChI is InChI=1S/C15H14N2O7/c1-3-22-14(18)12-11(13(24-16-12)15(19)23-4-2)9-5-7-10(8-6-9)17(20)21/h5-8H,3-4H2,1-2H3. The minimum absolute atomic E-state index is 0.0711. The van der Waals surface area contributed by atoms with E-state index in [1.54, 1.807) is 13.8 Å². The Bertz CT molecular complexity index is 729. The Balaban J connectivity index is 2.54. The van der Waals surface area contributed by atoms with Gasteiger partial charge in [-0.3, -0.25) is 10.1 Å². The lowest BCUT2D eigenvalue weighted by atomic mass is 10.0. The molecule has 9 heteroatoms. The molecular weight excluding hydrogens is 320 g/mol. The Kier molecular flexibility index (Phi) is 5.25. The van der Waals surface area contributed by atoms with Gasteiger partial charge in [-0.05, 0) is 31.5 Å².